The Labute approximate surface area is 140 Å². The van der Waals surface area contributed by atoms with Gasteiger partial charge < -0.3 is 4.74 Å². The van der Waals surface area contributed by atoms with Crippen molar-refractivity contribution in [2.45, 2.75) is 12.3 Å². The largest absolute Gasteiger partial charge is 0.426 e. The summed E-state index contributed by atoms with van der Waals surface area (Å²) in [6.07, 6.45) is 3.60. The van der Waals surface area contributed by atoms with E-state index in [4.69, 9.17) is 4.74 Å². The number of hydrogen-bond donors (Lipinski definition) is 0. The highest BCUT2D eigenvalue weighted by Crippen LogP contribution is 2.42. The van der Waals surface area contributed by atoms with Crippen LogP contribution in [0, 0.1) is 0 Å². The van der Waals surface area contributed by atoms with Crippen LogP contribution in [0.3, 0.4) is 0 Å². The van der Waals surface area contributed by atoms with Gasteiger partial charge in [0.25, 0.3) is 0 Å². The molecular weight excluding hydrogens is 324 g/mol. The molecule has 6 nitrogen and oxygen atoms in total. The molecule has 0 aliphatic carbocycles. The Hall–Kier alpha value is -2.93. The maximum Gasteiger partial charge on any atom is 0.312 e. The van der Waals surface area contributed by atoms with Crippen LogP contribution in [0.25, 0.3) is 22.1 Å². The first kappa shape index (κ1) is 13.5. The van der Waals surface area contributed by atoms with E-state index in [1.165, 1.54) is 0 Å². The fraction of sp³-hybridized carbons (Fsp3) is 0.118. The Balaban J connectivity index is 1.75. The summed E-state index contributed by atoms with van der Waals surface area (Å²) in [5, 5.41) is 0. The van der Waals surface area contributed by atoms with Gasteiger partial charge in [-0.05, 0) is 29.8 Å². The molecule has 0 spiro atoms. The third-order valence-corrected chi connectivity index (χ3v) is 4.81. The van der Waals surface area contributed by atoms with Gasteiger partial charge in [-0.1, -0.05) is 6.07 Å². The summed E-state index contributed by atoms with van der Waals surface area (Å²) in [6.45, 7) is 0. The molecule has 0 bridgehead atoms. The van der Waals surface area contributed by atoms with Gasteiger partial charge in [-0.3, -0.25) is 14.8 Å². The third kappa shape index (κ3) is 1.98. The first-order chi connectivity index (χ1) is 11.8. The minimum atomic E-state index is -0.241. The predicted octanol–water partition coefficient (Wildman–Crippen LogP) is 3.08. The van der Waals surface area contributed by atoms with Crippen molar-refractivity contribution in [3.63, 3.8) is 0 Å². The van der Waals surface area contributed by atoms with Crippen molar-refractivity contribution >= 4 is 39.8 Å². The molecule has 0 saturated heterocycles. The first-order valence-corrected chi connectivity index (χ1v) is 8.19. The molecule has 5 rings (SSSR count). The van der Waals surface area contributed by atoms with E-state index in [1.54, 1.807) is 18.5 Å². The van der Waals surface area contributed by atoms with Gasteiger partial charge >= 0.3 is 5.97 Å². The van der Waals surface area contributed by atoms with Gasteiger partial charge in [0.05, 0.1) is 29.2 Å². The maximum atomic E-state index is 12.1. The molecule has 24 heavy (non-hydrogen) atoms. The Morgan fingerprint density at radius 2 is 1.83 bits per heavy atom. The highest BCUT2D eigenvalue weighted by atomic mass is 32.1. The number of rotatable bonds is 1. The molecule has 2 aromatic heterocycles. The number of hydrogen-bond acceptors (Lipinski definition) is 7. The van der Waals surface area contributed by atoms with E-state index in [2.05, 4.69) is 18.7 Å². The van der Waals surface area contributed by atoms with Crippen LogP contribution in [0.15, 0.2) is 42.7 Å². The summed E-state index contributed by atoms with van der Waals surface area (Å²) >= 11 is 1.16. The molecule has 1 aliphatic rings. The fourth-order valence-electron chi connectivity index (χ4n) is 3.19. The Bertz CT molecular complexity index is 1110. The molecule has 0 radical (unpaired) electrons. The zero-order valence-electron chi connectivity index (χ0n) is 12.3. The number of carbonyl (C=O) groups is 1. The average Bonchev–Trinajstić information content (AvgIpc) is 3.09. The molecule has 1 atom stereocenters. The summed E-state index contributed by atoms with van der Waals surface area (Å²) < 4.78 is 14.1. The smallest absolute Gasteiger partial charge is 0.312 e. The quantitative estimate of drug-likeness (QED) is 0.393. The molecule has 1 aliphatic heterocycles. The topological polar surface area (TPSA) is 77.9 Å². The molecule has 0 amide bonds. The monoisotopic (exact) mass is 334 g/mol. The van der Waals surface area contributed by atoms with Crippen molar-refractivity contribution in [2.75, 3.05) is 0 Å². The number of nitrogens with zero attached hydrogens (tertiary/aromatic N) is 4. The lowest BCUT2D eigenvalue weighted by Gasteiger charge is -2.25. The SMILES string of the molecule is O=C1CC(c2ccc3nccnc3c2)c2c(ccc3nsnc23)O1. The van der Waals surface area contributed by atoms with Crippen LogP contribution in [-0.2, 0) is 4.79 Å². The summed E-state index contributed by atoms with van der Waals surface area (Å²) in [6, 6.07) is 9.52. The predicted molar refractivity (Wildman–Crippen MR) is 89.0 cm³/mol. The number of carbonyl (C=O) groups excluding carboxylic acids is 1. The summed E-state index contributed by atoms with van der Waals surface area (Å²) in [5.74, 6) is 0.199. The van der Waals surface area contributed by atoms with E-state index in [-0.39, 0.29) is 18.3 Å². The van der Waals surface area contributed by atoms with Gasteiger partial charge in [0.2, 0.25) is 0 Å². The first-order valence-electron chi connectivity index (χ1n) is 7.46. The Morgan fingerprint density at radius 3 is 2.75 bits per heavy atom. The second-order valence-electron chi connectivity index (χ2n) is 5.64. The molecule has 3 heterocycles. The molecule has 1 unspecified atom stereocenters. The van der Waals surface area contributed by atoms with Crippen molar-refractivity contribution in [3.8, 4) is 5.75 Å². The van der Waals surface area contributed by atoms with Gasteiger partial charge in [0, 0.05) is 23.9 Å². The fourth-order valence-corrected chi connectivity index (χ4v) is 3.74. The number of esters is 1. The van der Waals surface area contributed by atoms with Gasteiger partial charge in [-0.15, -0.1) is 0 Å². The van der Waals surface area contributed by atoms with Crippen molar-refractivity contribution in [2.24, 2.45) is 0 Å². The molecule has 0 saturated carbocycles. The van der Waals surface area contributed by atoms with Crippen LogP contribution < -0.4 is 4.74 Å². The highest BCUT2D eigenvalue weighted by Gasteiger charge is 2.31. The van der Waals surface area contributed by atoms with Gasteiger partial charge in [-0.25, -0.2) is 0 Å². The molecule has 116 valence electrons. The van der Waals surface area contributed by atoms with Crippen LogP contribution in [0.1, 0.15) is 23.5 Å². The van der Waals surface area contributed by atoms with Crippen LogP contribution in [0.2, 0.25) is 0 Å². The maximum absolute atomic E-state index is 12.1. The third-order valence-electron chi connectivity index (χ3n) is 4.27. The van der Waals surface area contributed by atoms with E-state index in [0.717, 1.165) is 44.9 Å². The number of fused-ring (bicyclic) bond motifs is 4. The van der Waals surface area contributed by atoms with Gasteiger partial charge in [0.15, 0.2) is 0 Å². The summed E-state index contributed by atoms with van der Waals surface area (Å²) in [4.78, 5) is 20.7. The minimum Gasteiger partial charge on any atom is -0.426 e. The van der Waals surface area contributed by atoms with E-state index in [0.29, 0.717) is 5.75 Å². The van der Waals surface area contributed by atoms with Gasteiger partial charge in [-0.2, -0.15) is 8.75 Å². The second-order valence-corrected chi connectivity index (χ2v) is 6.17. The molecule has 7 heteroatoms. The zero-order chi connectivity index (χ0) is 16.1. The van der Waals surface area contributed by atoms with E-state index < -0.39 is 0 Å². The van der Waals surface area contributed by atoms with E-state index in [9.17, 15) is 4.79 Å². The molecule has 0 fully saturated rings. The second kappa shape index (κ2) is 5.04. The summed E-state index contributed by atoms with van der Waals surface area (Å²) in [5.41, 5.74) is 5.18. The molecule has 0 N–H and O–H groups in total. The number of benzene rings is 2. The zero-order valence-corrected chi connectivity index (χ0v) is 13.2. The minimum absolute atomic E-state index is 0.125. The number of ether oxygens (including phenoxy) is 1. The average molecular weight is 334 g/mol. The van der Waals surface area contributed by atoms with E-state index >= 15 is 0 Å². The highest BCUT2D eigenvalue weighted by molar-refractivity contribution is 7.00. The molecule has 2 aromatic carbocycles. The Morgan fingerprint density at radius 1 is 1.00 bits per heavy atom. The summed E-state index contributed by atoms with van der Waals surface area (Å²) in [7, 11) is 0. The molecular formula is C17H10N4O2S. The van der Waals surface area contributed by atoms with E-state index in [1.807, 2.05) is 24.3 Å². The van der Waals surface area contributed by atoms with Crippen LogP contribution in [0.5, 0.6) is 5.75 Å². The number of aromatic nitrogens is 4. The molecule has 4 aromatic rings. The van der Waals surface area contributed by atoms with Crippen molar-refractivity contribution in [1.29, 1.82) is 0 Å². The lowest BCUT2D eigenvalue weighted by Crippen LogP contribution is -2.21. The van der Waals surface area contributed by atoms with Crippen molar-refractivity contribution in [3.05, 3.63) is 53.9 Å². The lowest BCUT2D eigenvalue weighted by molar-refractivity contribution is -0.135. The normalized spacial score (nSPS) is 17.0. The van der Waals surface area contributed by atoms with Crippen molar-refractivity contribution in [1.82, 2.24) is 18.7 Å². The van der Waals surface area contributed by atoms with Gasteiger partial charge in [0.1, 0.15) is 16.8 Å². The standard InChI is InChI=1S/C17H10N4O2S/c22-15-8-10(9-1-2-11-13(7-9)19-6-5-18-11)16-14(23-15)4-3-12-17(16)21-24-20-12/h1-7,10H,8H2. The van der Waals surface area contributed by atoms with Crippen LogP contribution in [0.4, 0.5) is 0 Å². The lowest BCUT2D eigenvalue weighted by atomic mass is 9.85. The van der Waals surface area contributed by atoms with Crippen molar-refractivity contribution < 1.29 is 9.53 Å². The van der Waals surface area contributed by atoms with Crippen LogP contribution >= 0.6 is 11.7 Å². The van der Waals surface area contributed by atoms with Crippen LogP contribution in [-0.4, -0.2) is 24.7 Å². The Kier molecular flexibility index (Phi) is 2.83.